The number of methoxy groups -OCH3 is 4. The number of nitrogens with one attached hydrogen (secondary N) is 2. The lowest BCUT2D eigenvalue weighted by Crippen LogP contribution is -2.44. The van der Waals surface area contributed by atoms with E-state index in [2.05, 4.69) is 10.6 Å². The predicted molar refractivity (Wildman–Crippen MR) is 184 cm³/mol. The Balaban J connectivity index is 1.57. The number of alkyl carbamates (subject to hydrolysis) is 1. The molecule has 0 spiro atoms. The molecule has 1 atom stereocenters. The molecule has 0 fully saturated rings. The van der Waals surface area contributed by atoms with E-state index >= 15 is 0 Å². The first-order chi connectivity index (χ1) is 24.3. The lowest BCUT2D eigenvalue weighted by atomic mass is 9.88. The number of imide groups is 1. The molecule has 1 aliphatic rings. The van der Waals surface area contributed by atoms with E-state index in [1.807, 2.05) is 30.3 Å². The Morgan fingerprint density at radius 3 is 2.00 bits per heavy atom. The Morgan fingerprint density at radius 1 is 0.843 bits per heavy atom. The Kier molecular flexibility index (Phi) is 12.6. The Morgan fingerprint density at radius 2 is 1.43 bits per heavy atom. The third kappa shape index (κ3) is 9.14. The van der Waals surface area contributed by atoms with Gasteiger partial charge < -0.3 is 44.2 Å². The fraction of sp³-hybridized carbons (Fsp3) is 0.405. The Hall–Kier alpha value is -5.18. The minimum absolute atomic E-state index is 0.0389. The summed E-state index contributed by atoms with van der Waals surface area (Å²) in [6.07, 6.45) is -1.19. The van der Waals surface area contributed by atoms with Crippen LogP contribution < -0.4 is 30.6 Å². The molecule has 14 heteroatoms. The summed E-state index contributed by atoms with van der Waals surface area (Å²) in [5.74, 6) is -2.44. The van der Waals surface area contributed by atoms with Crippen LogP contribution in [0.5, 0.6) is 23.0 Å². The van der Waals surface area contributed by atoms with Gasteiger partial charge >= 0.3 is 12.1 Å². The first kappa shape index (κ1) is 38.6. The van der Waals surface area contributed by atoms with Crippen LogP contribution >= 0.6 is 0 Å². The van der Waals surface area contributed by atoms with Crippen molar-refractivity contribution in [2.75, 3.05) is 28.4 Å². The van der Waals surface area contributed by atoms with Crippen molar-refractivity contribution in [1.29, 1.82) is 0 Å². The summed E-state index contributed by atoms with van der Waals surface area (Å²) in [6.45, 7) is 5.28. The normalized spacial score (nSPS) is 13.4. The highest BCUT2D eigenvalue weighted by Gasteiger charge is 2.46. The zero-order valence-electron chi connectivity index (χ0n) is 29.9. The minimum atomic E-state index is -1.53. The number of nitrogens with two attached hydrogens (primary N) is 1. The van der Waals surface area contributed by atoms with Crippen LogP contribution in [0.2, 0.25) is 0 Å². The average molecular weight is 708 g/mol. The van der Waals surface area contributed by atoms with Crippen LogP contribution in [0.3, 0.4) is 0 Å². The Bertz CT molecular complexity index is 1730. The van der Waals surface area contributed by atoms with Crippen molar-refractivity contribution in [3.63, 3.8) is 0 Å². The van der Waals surface area contributed by atoms with Crippen molar-refractivity contribution in [3.8, 4) is 23.0 Å². The van der Waals surface area contributed by atoms with Crippen LogP contribution in [0, 0.1) is 0 Å². The number of esters is 1. The molecule has 0 bridgehead atoms. The summed E-state index contributed by atoms with van der Waals surface area (Å²) in [5, 5.41) is 5.04. The zero-order valence-corrected chi connectivity index (χ0v) is 29.9. The second-order valence-corrected chi connectivity index (χ2v) is 12.6. The molecule has 0 saturated heterocycles. The molecule has 4 rings (SSSR count). The van der Waals surface area contributed by atoms with Gasteiger partial charge in [-0.2, -0.15) is 0 Å². The molecule has 0 radical (unpaired) electrons. The smallest absolute Gasteiger partial charge is 0.407 e. The molecule has 51 heavy (non-hydrogen) atoms. The standard InChI is InChI=1S/C37H45N3O11/c1-36(2,3)51-35(44)39-20-24-29(46-5)17-14-26-33(24)50-32-23(28(45-4)16-13-25(32)37(26,47-6)48-7)19-30(41)40-34(43)27(38)15-18-31(42)49-21-22-11-9-8-10-12-22/h8-14,16-17,27H,15,18-21,38H2,1-7H3,(H,39,44)(H,40,41,43)/t27-/m0/s1. The molecule has 3 aromatic carbocycles. The average Bonchev–Trinajstić information content (AvgIpc) is 3.10. The van der Waals surface area contributed by atoms with Gasteiger partial charge in [0, 0.05) is 26.2 Å². The SMILES string of the molecule is COc1ccc2c(c1CNC(=O)OC(C)(C)C)Oc1c(ccc(OC)c1CC(=O)NC(=O)[C@@H](N)CCC(=O)OCc1ccccc1)C2(OC)OC. The number of hydrogen-bond donors (Lipinski definition) is 3. The molecule has 0 saturated carbocycles. The number of fused-ring (bicyclic) bond motifs is 2. The van der Waals surface area contributed by atoms with Gasteiger partial charge in [-0.1, -0.05) is 30.3 Å². The first-order valence-corrected chi connectivity index (χ1v) is 16.2. The van der Waals surface area contributed by atoms with Crippen molar-refractivity contribution in [2.45, 2.75) is 70.6 Å². The molecule has 0 aromatic heterocycles. The van der Waals surface area contributed by atoms with E-state index in [0.29, 0.717) is 22.4 Å². The summed E-state index contributed by atoms with van der Waals surface area (Å²) in [4.78, 5) is 51.1. The maximum Gasteiger partial charge on any atom is 0.407 e. The van der Waals surface area contributed by atoms with E-state index in [1.54, 1.807) is 45.0 Å². The second kappa shape index (κ2) is 16.7. The third-order valence-corrected chi connectivity index (χ3v) is 8.01. The maximum absolute atomic E-state index is 13.3. The molecule has 1 heterocycles. The molecule has 0 unspecified atom stereocenters. The molecule has 1 aliphatic heterocycles. The van der Waals surface area contributed by atoms with Gasteiger partial charge in [0.05, 0.1) is 49.9 Å². The summed E-state index contributed by atoms with van der Waals surface area (Å²) < 4.78 is 40.5. The fourth-order valence-corrected chi connectivity index (χ4v) is 5.58. The van der Waals surface area contributed by atoms with Gasteiger partial charge in [-0.25, -0.2) is 4.79 Å². The van der Waals surface area contributed by atoms with Crippen molar-refractivity contribution >= 4 is 23.9 Å². The topological polar surface area (TPSA) is 183 Å². The van der Waals surface area contributed by atoms with Gasteiger partial charge in [0.1, 0.15) is 35.2 Å². The number of amides is 3. The van der Waals surface area contributed by atoms with Crippen molar-refractivity contribution < 1.29 is 52.3 Å². The summed E-state index contributed by atoms with van der Waals surface area (Å²) in [5.41, 5.74) is 7.71. The van der Waals surface area contributed by atoms with Crippen LogP contribution in [-0.2, 0) is 58.7 Å². The van der Waals surface area contributed by atoms with Gasteiger partial charge in [0.25, 0.3) is 0 Å². The van der Waals surface area contributed by atoms with Gasteiger partial charge in [-0.15, -0.1) is 0 Å². The second-order valence-electron chi connectivity index (χ2n) is 12.6. The summed E-state index contributed by atoms with van der Waals surface area (Å²) >= 11 is 0. The predicted octanol–water partition coefficient (Wildman–Crippen LogP) is 4.36. The highest BCUT2D eigenvalue weighted by atomic mass is 16.7. The number of carbonyl (C=O) groups is 4. The van der Waals surface area contributed by atoms with Crippen molar-refractivity contribution in [1.82, 2.24) is 10.6 Å². The van der Waals surface area contributed by atoms with E-state index in [0.717, 1.165) is 5.56 Å². The minimum Gasteiger partial charge on any atom is -0.496 e. The lowest BCUT2D eigenvalue weighted by Gasteiger charge is -2.39. The number of ether oxygens (including phenoxy) is 7. The van der Waals surface area contributed by atoms with Crippen molar-refractivity contribution in [2.24, 2.45) is 5.73 Å². The van der Waals surface area contributed by atoms with E-state index in [1.165, 1.54) is 28.4 Å². The zero-order chi connectivity index (χ0) is 37.3. The Labute approximate surface area is 296 Å². The summed E-state index contributed by atoms with van der Waals surface area (Å²) in [6, 6.07) is 14.7. The van der Waals surface area contributed by atoms with Crippen LogP contribution in [0.25, 0.3) is 0 Å². The molecule has 3 aromatic rings. The van der Waals surface area contributed by atoms with Crippen LogP contribution in [0.1, 0.15) is 61.4 Å². The monoisotopic (exact) mass is 707 g/mol. The van der Waals surface area contributed by atoms with Crippen molar-refractivity contribution in [3.05, 3.63) is 82.4 Å². The maximum atomic E-state index is 13.3. The number of carbonyl (C=O) groups excluding carboxylic acids is 4. The quantitative estimate of drug-likeness (QED) is 0.159. The van der Waals surface area contributed by atoms with Crippen LogP contribution in [0.15, 0.2) is 54.6 Å². The third-order valence-electron chi connectivity index (χ3n) is 8.01. The van der Waals surface area contributed by atoms with Crippen LogP contribution in [0.4, 0.5) is 4.79 Å². The molecule has 14 nitrogen and oxygen atoms in total. The van der Waals surface area contributed by atoms with Gasteiger partial charge in [-0.3, -0.25) is 19.7 Å². The number of rotatable bonds is 14. The number of benzene rings is 3. The van der Waals surface area contributed by atoms with Gasteiger partial charge in [0.2, 0.25) is 17.6 Å². The highest BCUT2D eigenvalue weighted by Crippen LogP contribution is 2.54. The molecule has 274 valence electrons. The summed E-state index contributed by atoms with van der Waals surface area (Å²) in [7, 11) is 5.82. The van der Waals surface area contributed by atoms with Crippen LogP contribution in [-0.4, -0.2) is 64.0 Å². The van der Waals surface area contributed by atoms with Gasteiger partial charge in [0.15, 0.2) is 0 Å². The molecular formula is C37H45N3O11. The highest BCUT2D eigenvalue weighted by molar-refractivity contribution is 5.99. The largest absolute Gasteiger partial charge is 0.496 e. The molecular weight excluding hydrogens is 662 g/mol. The fourth-order valence-electron chi connectivity index (χ4n) is 5.58. The molecule has 3 amide bonds. The van der Waals surface area contributed by atoms with E-state index in [4.69, 9.17) is 38.9 Å². The molecule has 0 aliphatic carbocycles. The number of hydrogen-bond acceptors (Lipinski definition) is 12. The molecule has 4 N–H and O–H groups in total. The lowest BCUT2D eigenvalue weighted by molar-refractivity contribution is -0.187. The van der Waals surface area contributed by atoms with Gasteiger partial charge in [-0.05, 0) is 57.0 Å². The van der Waals surface area contributed by atoms with E-state index < -0.39 is 41.3 Å². The van der Waals surface area contributed by atoms with E-state index in [9.17, 15) is 19.2 Å². The first-order valence-electron chi connectivity index (χ1n) is 16.2. The van der Waals surface area contributed by atoms with E-state index in [-0.39, 0.29) is 55.2 Å².